The summed E-state index contributed by atoms with van der Waals surface area (Å²) < 4.78 is 5.57. The van der Waals surface area contributed by atoms with Crippen LogP contribution in [-0.2, 0) is 6.42 Å². The van der Waals surface area contributed by atoms with Crippen LogP contribution in [0.3, 0.4) is 0 Å². The molecule has 0 radical (unpaired) electrons. The van der Waals surface area contributed by atoms with E-state index in [1.54, 1.807) is 0 Å². The number of benzene rings is 1. The standard InChI is InChI=1S/C12H15NOS/c1-2-11-5-3-6-12(9-11)14-8-4-7-13-10-15/h3,5-6,9H,2,4,7-8H2,1H3. The molecule has 0 aliphatic rings. The minimum Gasteiger partial charge on any atom is -0.494 e. The molecule has 0 aliphatic heterocycles. The third kappa shape index (κ3) is 4.73. The minimum atomic E-state index is 0.674. The first-order chi connectivity index (χ1) is 7.36. The van der Waals surface area contributed by atoms with Gasteiger partial charge in [-0.2, -0.15) is 0 Å². The Morgan fingerprint density at radius 3 is 3.07 bits per heavy atom. The van der Waals surface area contributed by atoms with Gasteiger partial charge >= 0.3 is 0 Å². The highest BCUT2D eigenvalue weighted by Gasteiger charge is 1.94. The second-order valence-electron chi connectivity index (χ2n) is 3.18. The van der Waals surface area contributed by atoms with E-state index in [-0.39, 0.29) is 0 Å². The molecule has 0 aromatic heterocycles. The molecule has 0 spiro atoms. The van der Waals surface area contributed by atoms with Gasteiger partial charge in [0.05, 0.1) is 18.3 Å². The van der Waals surface area contributed by atoms with Gasteiger partial charge in [-0.15, -0.1) is 0 Å². The summed E-state index contributed by atoms with van der Waals surface area (Å²) in [4.78, 5) is 3.82. The number of ether oxygens (including phenoxy) is 1. The molecule has 1 aromatic rings. The molecule has 80 valence electrons. The molecule has 2 nitrogen and oxygen atoms in total. The number of rotatable bonds is 6. The normalized spacial score (nSPS) is 9.40. The summed E-state index contributed by atoms with van der Waals surface area (Å²) >= 11 is 4.47. The first-order valence-electron chi connectivity index (χ1n) is 5.12. The van der Waals surface area contributed by atoms with Gasteiger partial charge in [0, 0.05) is 6.42 Å². The molecule has 1 aromatic carbocycles. The van der Waals surface area contributed by atoms with E-state index in [1.165, 1.54) is 5.56 Å². The van der Waals surface area contributed by atoms with Crippen molar-refractivity contribution < 1.29 is 4.74 Å². The highest BCUT2D eigenvalue weighted by atomic mass is 32.1. The van der Waals surface area contributed by atoms with Crippen LogP contribution in [-0.4, -0.2) is 18.3 Å². The van der Waals surface area contributed by atoms with Gasteiger partial charge in [-0.25, -0.2) is 4.99 Å². The molecule has 15 heavy (non-hydrogen) atoms. The number of nitrogens with zero attached hydrogens (tertiary/aromatic N) is 1. The van der Waals surface area contributed by atoms with E-state index in [4.69, 9.17) is 4.74 Å². The summed E-state index contributed by atoms with van der Waals surface area (Å²) in [7, 11) is 0. The van der Waals surface area contributed by atoms with Crippen molar-refractivity contribution in [2.75, 3.05) is 13.2 Å². The van der Waals surface area contributed by atoms with Gasteiger partial charge in [0.15, 0.2) is 0 Å². The fourth-order valence-electron chi connectivity index (χ4n) is 1.23. The van der Waals surface area contributed by atoms with Crippen LogP contribution < -0.4 is 4.74 Å². The van der Waals surface area contributed by atoms with Crippen LogP contribution in [0, 0.1) is 0 Å². The molecular weight excluding hydrogens is 206 g/mol. The highest BCUT2D eigenvalue weighted by Crippen LogP contribution is 2.13. The fraction of sp³-hybridized carbons (Fsp3) is 0.417. The molecule has 0 amide bonds. The molecule has 0 unspecified atom stereocenters. The molecule has 0 bridgehead atoms. The first-order valence-corrected chi connectivity index (χ1v) is 5.53. The predicted molar refractivity (Wildman–Crippen MR) is 65.8 cm³/mol. The lowest BCUT2D eigenvalue weighted by Crippen LogP contribution is -1.99. The van der Waals surface area contributed by atoms with Crippen molar-refractivity contribution in [3.8, 4) is 5.75 Å². The van der Waals surface area contributed by atoms with Gasteiger partial charge in [0.25, 0.3) is 0 Å². The van der Waals surface area contributed by atoms with Gasteiger partial charge < -0.3 is 4.74 Å². The first kappa shape index (κ1) is 11.9. The predicted octanol–water partition coefficient (Wildman–Crippen LogP) is 3.12. The Morgan fingerprint density at radius 1 is 1.47 bits per heavy atom. The van der Waals surface area contributed by atoms with Gasteiger partial charge in [-0.05, 0) is 36.3 Å². The number of hydrogen-bond acceptors (Lipinski definition) is 3. The molecule has 1 rings (SSSR count). The van der Waals surface area contributed by atoms with E-state index >= 15 is 0 Å². The van der Waals surface area contributed by atoms with Crippen molar-refractivity contribution in [1.82, 2.24) is 0 Å². The number of thiocarbonyl (C=S) groups is 1. The maximum absolute atomic E-state index is 5.57. The summed E-state index contributed by atoms with van der Waals surface area (Å²) in [6, 6.07) is 8.16. The lowest BCUT2D eigenvalue weighted by atomic mass is 10.2. The van der Waals surface area contributed by atoms with Crippen molar-refractivity contribution in [2.24, 2.45) is 4.99 Å². The average Bonchev–Trinajstić information content (AvgIpc) is 2.29. The summed E-state index contributed by atoms with van der Waals surface area (Å²) in [5.74, 6) is 0.931. The number of aliphatic imine (C=N–C) groups is 1. The molecule has 3 heteroatoms. The fourth-order valence-corrected chi connectivity index (χ4v) is 1.33. The number of aryl methyl sites for hydroxylation is 1. The Bertz CT molecular complexity index is 345. The zero-order chi connectivity index (χ0) is 10.9. The summed E-state index contributed by atoms with van der Waals surface area (Å²) in [5.41, 5.74) is 1.30. The summed E-state index contributed by atoms with van der Waals surface area (Å²) in [5, 5.41) is 2.34. The van der Waals surface area contributed by atoms with E-state index < -0.39 is 0 Å². The van der Waals surface area contributed by atoms with Gasteiger partial charge in [-0.1, -0.05) is 19.1 Å². The van der Waals surface area contributed by atoms with E-state index in [2.05, 4.69) is 41.4 Å². The number of hydrogen-bond donors (Lipinski definition) is 0. The van der Waals surface area contributed by atoms with E-state index in [1.807, 2.05) is 12.1 Å². The van der Waals surface area contributed by atoms with E-state index in [9.17, 15) is 0 Å². The minimum absolute atomic E-state index is 0.674. The van der Waals surface area contributed by atoms with E-state index in [0.29, 0.717) is 13.2 Å². The van der Waals surface area contributed by atoms with Gasteiger partial charge in [0.2, 0.25) is 0 Å². The Kier molecular flexibility index (Phi) is 5.67. The van der Waals surface area contributed by atoms with Crippen molar-refractivity contribution in [1.29, 1.82) is 0 Å². The van der Waals surface area contributed by atoms with Crippen LogP contribution in [0.25, 0.3) is 0 Å². The van der Waals surface area contributed by atoms with Crippen molar-refractivity contribution >= 4 is 17.4 Å². The lowest BCUT2D eigenvalue weighted by Gasteiger charge is -2.05. The molecule has 0 heterocycles. The molecule has 0 aliphatic carbocycles. The van der Waals surface area contributed by atoms with Gasteiger partial charge in [0.1, 0.15) is 5.75 Å². The monoisotopic (exact) mass is 221 g/mol. The smallest absolute Gasteiger partial charge is 0.119 e. The third-order valence-corrected chi connectivity index (χ3v) is 2.18. The highest BCUT2D eigenvalue weighted by molar-refractivity contribution is 7.78. The number of isothiocyanates is 1. The van der Waals surface area contributed by atoms with Crippen LogP contribution in [0.5, 0.6) is 5.75 Å². The van der Waals surface area contributed by atoms with Crippen molar-refractivity contribution in [3.05, 3.63) is 29.8 Å². The van der Waals surface area contributed by atoms with Crippen LogP contribution in [0.15, 0.2) is 29.3 Å². The quantitative estimate of drug-likeness (QED) is 0.418. The van der Waals surface area contributed by atoms with Crippen LogP contribution in [0.1, 0.15) is 18.9 Å². The molecular formula is C12H15NOS. The lowest BCUT2D eigenvalue weighted by molar-refractivity contribution is 0.313. The van der Waals surface area contributed by atoms with Crippen LogP contribution in [0.4, 0.5) is 0 Å². The largest absolute Gasteiger partial charge is 0.494 e. The van der Waals surface area contributed by atoms with E-state index in [0.717, 1.165) is 18.6 Å². The Hall–Kier alpha value is -1.18. The summed E-state index contributed by atoms with van der Waals surface area (Å²) in [6.07, 6.45) is 1.91. The second-order valence-corrected chi connectivity index (χ2v) is 3.36. The molecule has 0 fully saturated rings. The maximum atomic E-state index is 5.57. The maximum Gasteiger partial charge on any atom is 0.119 e. The Morgan fingerprint density at radius 2 is 2.33 bits per heavy atom. The topological polar surface area (TPSA) is 21.6 Å². The average molecular weight is 221 g/mol. The van der Waals surface area contributed by atoms with Crippen LogP contribution in [0.2, 0.25) is 0 Å². The zero-order valence-electron chi connectivity index (χ0n) is 8.90. The second kappa shape index (κ2) is 7.16. The SMILES string of the molecule is CCc1cccc(OCCCN=C=S)c1. The zero-order valence-corrected chi connectivity index (χ0v) is 9.72. The Labute approximate surface area is 96.0 Å². The molecule has 0 saturated heterocycles. The molecule has 0 saturated carbocycles. The molecule has 0 atom stereocenters. The van der Waals surface area contributed by atoms with Crippen LogP contribution >= 0.6 is 12.2 Å². The third-order valence-electron chi connectivity index (χ3n) is 2.05. The Balaban J connectivity index is 2.33. The molecule has 0 N–H and O–H groups in total. The van der Waals surface area contributed by atoms with Crippen molar-refractivity contribution in [2.45, 2.75) is 19.8 Å². The van der Waals surface area contributed by atoms with Crippen molar-refractivity contribution in [3.63, 3.8) is 0 Å². The summed E-state index contributed by atoms with van der Waals surface area (Å²) in [6.45, 7) is 3.50. The van der Waals surface area contributed by atoms with Gasteiger partial charge in [-0.3, -0.25) is 0 Å².